The quantitative estimate of drug-likeness (QED) is 0.113. The first-order valence-electron chi connectivity index (χ1n) is 22.5. The molecular formula is C60H41N5Si. The summed E-state index contributed by atoms with van der Waals surface area (Å²) in [5.41, 5.74) is 10.9. The van der Waals surface area contributed by atoms with Gasteiger partial charge in [-0.05, 0) is 97.6 Å². The average molecular weight is 860 g/mol. The molecule has 0 unspecified atom stereocenters. The van der Waals surface area contributed by atoms with Crippen LogP contribution in [0.25, 0.3) is 83.5 Å². The van der Waals surface area contributed by atoms with Crippen molar-refractivity contribution in [2.45, 2.75) is 0 Å². The maximum absolute atomic E-state index is 5.62. The summed E-state index contributed by atoms with van der Waals surface area (Å²) < 4.78 is 6.81. The minimum atomic E-state index is -2.86. The van der Waals surface area contributed by atoms with Crippen LogP contribution in [0.15, 0.2) is 249 Å². The van der Waals surface area contributed by atoms with Gasteiger partial charge in [-0.1, -0.05) is 194 Å². The van der Waals surface area contributed by atoms with Crippen LogP contribution in [-0.2, 0) is 0 Å². The van der Waals surface area contributed by atoms with Crippen molar-refractivity contribution in [3.63, 3.8) is 0 Å². The van der Waals surface area contributed by atoms with E-state index in [0.29, 0.717) is 0 Å². The lowest BCUT2D eigenvalue weighted by molar-refractivity contribution is 0.997. The highest BCUT2D eigenvalue weighted by molar-refractivity contribution is 7.20. The topological polar surface area (TPSA) is 40.0 Å². The van der Waals surface area contributed by atoms with Crippen LogP contribution in [0.3, 0.4) is 0 Å². The zero-order chi connectivity index (χ0) is 43.6. The molecule has 0 fully saturated rings. The molecule has 0 aliphatic rings. The Kier molecular flexibility index (Phi) is 8.79. The molecular weight excluding hydrogens is 819 g/mol. The van der Waals surface area contributed by atoms with E-state index in [-0.39, 0.29) is 0 Å². The fraction of sp³-hybridized carbons (Fsp3) is 0. The smallest absolute Gasteiger partial charge is 0.221 e. The number of hydrogen-bond donors (Lipinski definition) is 0. The Labute approximate surface area is 382 Å². The van der Waals surface area contributed by atoms with Crippen LogP contribution < -0.4 is 20.7 Å². The van der Waals surface area contributed by atoms with Gasteiger partial charge in [0.15, 0.2) is 8.07 Å². The van der Waals surface area contributed by atoms with E-state index in [4.69, 9.17) is 9.97 Å². The van der Waals surface area contributed by atoms with E-state index in [0.717, 1.165) is 67.2 Å². The minimum Gasteiger partial charge on any atom is -0.294 e. The molecule has 0 saturated carbocycles. The zero-order valence-corrected chi connectivity index (χ0v) is 36.9. The lowest BCUT2D eigenvalue weighted by Crippen LogP contribution is -2.75. The van der Waals surface area contributed by atoms with Gasteiger partial charge in [0.1, 0.15) is 11.6 Å². The summed E-state index contributed by atoms with van der Waals surface area (Å²) >= 11 is 0. The Bertz CT molecular complexity index is 3790. The highest BCUT2D eigenvalue weighted by Crippen LogP contribution is 2.36. The highest BCUT2D eigenvalue weighted by Gasteiger charge is 2.42. The van der Waals surface area contributed by atoms with Crippen LogP contribution in [0, 0.1) is 0 Å². The first kappa shape index (κ1) is 37.9. The Morgan fingerprint density at radius 1 is 0.318 bits per heavy atom. The molecule has 0 spiro atoms. The lowest BCUT2D eigenvalue weighted by Gasteiger charge is -2.36. The lowest BCUT2D eigenvalue weighted by atomic mass is 9.99. The largest absolute Gasteiger partial charge is 0.294 e. The Hall–Kier alpha value is -8.58. The van der Waals surface area contributed by atoms with Crippen molar-refractivity contribution < 1.29 is 0 Å². The van der Waals surface area contributed by atoms with Gasteiger partial charge >= 0.3 is 0 Å². The van der Waals surface area contributed by atoms with Crippen LogP contribution in [-0.4, -0.2) is 31.6 Å². The van der Waals surface area contributed by atoms with E-state index >= 15 is 0 Å². The Morgan fingerprint density at radius 2 is 0.803 bits per heavy atom. The monoisotopic (exact) mass is 859 g/mol. The number of imidazole rings is 2. The molecule has 4 heterocycles. The van der Waals surface area contributed by atoms with E-state index in [2.05, 4.69) is 262 Å². The predicted octanol–water partition coefficient (Wildman–Crippen LogP) is 11.6. The number of fused-ring (bicyclic) bond motifs is 8. The minimum absolute atomic E-state index is 0.792. The molecule has 13 rings (SSSR count). The maximum atomic E-state index is 5.62. The summed E-state index contributed by atoms with van der Waals surface area (Å²) in [6.45, 7) is 0. The van der Waals surface area contributed by atoms with Crippen LogP contribution in [0.5, 0.6) is 0 Å². The second kappa shape index (κ2) is 15.3. The molecule has 0 N–H and O–H groups in total. The van der Waals surface area contributed by atoms with Gasteiger partial charge in [0.05, 0.1) is 33.1 Å². The molecule has 0 saturated heterocycles. The van der Waals surface area contributed by atoms with Gasteiger partial charge in [0, 0.05) is 10.8 Å². The summed E-state index contributed by atoms with van der Waals surface area (Å²) in [5.74, 6) is 2.45. The molecule has 0 bridgehead atoms. The molecule has 13 aromatic rings. The molecule has 6 heteroatoms. The summed E-state index contributed by atoms with van der Waals surface area (Å²) in [4.78, 5) is 10.9. The average Bonchev–Trinajstić information content (AvgIpc) is 4.05. The van der Waals surface area contributed by atoms with Crippen molar-refractivity contribution in [2.24, 2.45) is 0 Å². The summed E-state index contributed by atoms with van der Waals surface area (Å²) in [6.07, 6.45) is 0. The van der Waals surface area contributed by atoms with Crippen LogP contribution >= 0.6 is 0 Å². The molecule has 310 valence electrons. The van der Waals surface area contributed by atoms with Crippen LogP contribution in [0.2, 0.25) is 0 Å². The second-order valence-corrected chi connectivity index (χ2v) is 20.7. The number of nitrogens with zero attached hydrogens (tertiary/aromatic N) is 5. The third-order valence-corrected chi connectivity index (χ3v) is 18.2. The normalized spacial score (nSPS) is 11.9. The van der Waals surface area contributed by atoms with Gasteiger partial charge in [0.2, 0.25) is 5.78 Å². The van der Waals surface area contributed by atoms with Crippen LogP contribution in [0.1, 0.15) is 0 Å². The third kappa shape index (κ3) is 5.79. The van der Waals surface area contributed by atoms with E-state index in [1.165, 1.54) is 37.1 Å². The van der Waals surface area contributed by atoms with Crippen molar-refractivity contribution in [1.29, 1.82) is 0 Å². The van der Waals surface area contributed by atoms with Crippen molar-refractivity contribution in [2.75, 3.05) is 0 Å². The van der Waals surface area contributed by atoms with Crippen LogP contribution in [0.4, 0.5) is 0 Å². The second-order valence-electron chi connectivity index (χ2n) is 17.0. The first-order valence-corrected chi connectivity index (χ1v) is 24.5. The number of hydrogen-bond acceptors (Lipinski definition) is 2. The SMILES string of the molecule is c1ccc([Si](c2ccccc2)(c2ccccc2)c2ccccc2-c2cccc(-c3cc(-n4c5ccccc5c5ccccc54)nc(-n4c5ccccc5n5c6ccccc6nc45)c3)c2)cc1. The standard InChI is InChI=1S/C60H41N5Si/c1-4-23-45(24-5-1)66(46-25-6-2-7-26-46,47-27-8-3-9-28-47)57-38-19-12-29-48(57)43-22-20-21-42(39-43)44-40-58(63-52-33-14-10-30-49(52)50-31-11-15-34-53(50)63)62-59(41-44)65-56-37-18-17-36-55(56)64-54-35-16-13-32-51(54)61-60(64)65/h1-41H. The number of pyridine rings is 1. The molecule has 0 amide bonds. The molecule has 5 nitrogen and oxygen atoms in total. The van der Waals surface area contributed by atoms with Gasteiger partial charge < -0.3 is 0 Å². The van der Waals surface area contributed by atoms with E-state index in [9.17, 15) is 0 Å². The molecule has 0 atom stereocenters. The number of para-hydroxylation sites is 6. The van der Waals surface area contributed by atoms with Crippen molar-refractivity contribution in [3.8, 4) is 33.9 Å². The van der Waals surface area contributed by atoms with Crippen molar-refractivity contribution >= 4 is 78.5 Å². The van der Waals surface area contributed by atoms with Gasteiger partial charge in [-0.3, -0.25) is 13.5 Å². The van der Waals surface area contributed by atoms with Gasteiger partial charge in [-0.25, -0.2) is 9.97 Å². The number of rotatable bonds is 8. The summed E-state index contributed by atoms with van der Waals surface area (Å²) in [5, 5.41) is 7.76. The fourth-order valence-corrected chi connectivity index (χ4v) is 15.6. The van der Waals surface area contributed by atoms with E-state index in [1.807, 2.05) is 0 Å². The zero-order valence-electron chi connectivity index (χ0n) is 35.9. The first-order chi connectivity index (χ1) is 32.8. The highest BCUT2D eigenvalue weighted by atomic mass is 28.3. The Morgan fingerprint density at radius 3 is 1.44 bits per heavy atom. The molecule has 66 heavy (non-hydrogen) atoms. The fourth-order valence-electron chi connectivity index (χ4n) is 10.6. The third-order valence-electron chi connectivity index (χ3n) is 13.4. The Balaban J connectivity index is 1.08. The summed E-state index contributed by atoms with van der Waals surface area (Å²) in [7, 11) is -2.86. The van der Waals surface area contributed by atoms with E-state index in [1.54, 1.807) is 0 Å². The van der Waals surface area contributed by atoms with Crippen molar-refractivity contribution in [3.05, 3.63) is 249 Å². The molecule has 0 aliphatic carbocycles. The number of benzene rings is 9. The maximum Gasteiger partial charge on any atom is 0.221 e. The van der Waals surface area contributed by atoms with Gasteiger partial charge in [-0.2, -0.15) is 0 Å². The number of aromatic nitrogens is 5. The predicted molar refractivity (Wildman–Crippen MR) is 276 cm³/mol. The van der Waals surface area contributed by atoms with E-state index < -0.39 is 8.07 Å². The molecule has 9 aromatic carbocycles. The van der Waals surface area contributed by atoms with Gasteiger partial charge in [0.25, 0.3) is 0 Å². The molecule has 4 aromatic heterocycles. The molecule has 0 aliphatic heterocycles. The molecule has 0 radical (unpaired) electrons. The van der Waals surface area contributed by atoms with Gasteiger partial charge in [-0.15, -0.1) is 0 Å². The van der Waals surface area contributed by atoms with Crippen molar-refractivity contribution in [1.82, 2.24) is 23.5 Å². The summed E-state index contributed by atoms with van der Waals surface area (Å²) in [6, 6.07) is 90.4.